The van der Waals surface area contributed by atoms with Crippen LogP contribution in [0, 0.1) is 11.8 Å². The first-order valence-electron chi connectivity index (χ1n) is 9.89. The summed E-state index contributed by atoms with van der Waals surface area (Å²) < 4.78 is 0. The van der Waals surface area contributed by atoms with Crippen LogP contribution in [0.1, 0.15) is 41.0 Å². The van der Waals surface area contributed by atoms with E-state index in [1.54, 1.807) is 27.7 Å². The lowest BCUT2D eigenvalue weighted by Crippen LogP contribution is -2.59. The van der Waals surface area contributed by atoms with Crippen LogP contribution in [-0.4, -0.2) is 76.2 Å². The molecule has 0 radical (unpaired) electrons. The van der Waals surface area contributed by atoms with Gasteiger partial charge in [-0.25, -0.2) is 4.79 Å². The van der Waals surface area contributed by atoms with Gasteiger partial charge in [-0.15, -0.1) is 0 Å². The number of hydrogen-bond donors (Lipinski definition) is 6. The maximum absolute atomic E-state index is 12.8. The standard InChI is InChI=1S/C19H36N4O6S/c1-9(2)14(18(27)23-15(10(3)4)19(28)29)22-16(25)12(7-8-30-6)21-17(26)13(20)11(5)24/h9-15,24H,7-8,20H2,1-6H3,(H,21,26)(H,22,25)(H,23,27)(H,28,29). The summed E-state index contributed by atoms with van der Waals surface area (Å²) >= 11 is 1.48. The summed E-state index contributed by atoms with van der Waals surface area (Å²) in [5, 5.41) is 26.4. The molecule has 0 rings (SSSR count). The molecule has 0 aliphatic rings. The maximum Gasteiger partial charge on any atom is 0.326 e. The van der Waals surface area contributed by atoms with Gasteiger partial charge in [0.25, 0.3) is 0 Å². The molecule has 3 amide bonds. The second-order valence-electron chi connectivity index (χ2n) is 7.91. The lowest BCUT2D eigenvalue weighted by atomic mass is 9.99. The molecule has 7 N–H and O–H groups in total. The first kappa shape index (κ1) is 28.1. The molecule has 0 saturated heterocycles. The SMILES string of the molecule is CSCCC(NC(=O)C(N)C(C)O)C(=O)NC(C(=O)NC(C(=O)O)C(C)C)C(C)C. The van der Waals surface area contributed by atoms with E-state index in [1.165, 1.54) is 18.7 Å². The number of nitrogens with one attached hydrogen (secondary N) is 3. The van der Waals surface area contributed by atoms with Gasteiger partial charge in [-0.05, 0) is 37.2 Å². The van der Waals surface area contributed by atoms with Crippen molar-refractivity contribution in [1.29, 1.82) is 0 Å². The molecule has 5 unspecified atom stereocenters. The lowest BCUT2D eigenvalue weighted by molar-refractivity contribution is -0.144. The molecule has 0 heterocycles. The molecule has 30 heavy (non-hydrogen) atoms. The Bertz CT molecular complexity index is 600. The number of nitrogens with two attached hydrogens (primary N) is 1. The van der Waals surface area contributed by atoms with Crippen LogP contribution in [0.2, 0.25) is 0 Å². The van der Waals surface area contributed by atoms with Crippen molar-refractivity contribution in [2.75, 3.05) is 12.0 Å². The first-order valence-corrected chi connectivity index (χ1v) is 11.3. The summed E-state index contributed by atoms with van der Waals surface area (Å²) in [6.07, 6.45) is 1.05. The Morgan fingerprint density at radius 3 is 1.77 bits per heavy atom. The minimum absolute atomic E-state index is 0.293. The van der Waals surface area contributed by atoms with Crippen LogP contribution in [-0.2, 0) is 19.2 Å². The Balaban J connectivity index is 5.38. The molecule has 5 atom stereocenters. The molecule has 0 aromatic carbocycles. The van der Waals surface area contributed by atoms with E-state index in [0.29, 0.717) is 12.2 Å². The van der Waals surface area contributed by atoms with Gasteiger partial charge < -0.3 is 31.9 Å². The average Bonchev–Trinajstić information content (AvgIpc) is 2.64. The van der Waals surface area contributed by atoms with Crippen LogP contribution < -0.4 is 21.7 Å². The van der Waals surface area contributed by atoms with Crippen molar-refractivity contribution in [3.8, 4) is 0 Å². The highest BCUT2D eigenvalue weighted by molar-refractivity contribution is 7.98. The fourth-order valence-corrected chi connectivity index (χ4v) is 3.01. The third-order valence-corrected chi connectivity index (χ3v) is 5.19. The number of aliphatic hydroxyl groups is 1. The van der Waals surface area contributed by atoms with E-state index in [0.717, 1.165) is 0 Å². The smallest absolute Gasteiger partial charge is 0.326 e. The fraction of sp³-hybridized carbons (Fsp3) is 0.789. The molecule has 0 fully saturated rings. The molecular formula is C19H36N4O6S. The average molecular weight is 449 g/mol. The topological polar surface area (TPSA) is 171 Å². The van der Waals surface area contributed by atoms with Crippen LogP contribution in [0.15, 0.2) is 0 Å². The highest BCUT2D eigenvalue weighted by Gasteiger charge is 2.32. The summed E-state index contributed by atoms with van der Waals surface area (Å²) in [7, 11) is 0. The van der Waals surface area contributed by atoms with Crippen LogP contribution in [0.5, 0.6) is 0 Å². The van der Waals surface area contributed by atoms with Gasteiger partial charge in [0.05, 0.1) is 6.10 Å². The second-order valence-corrected chi connectivity index (χ2v) is 8.89. The maximum atomic E-state index is 12.8. The largest absolute Gasteiger partial charge is 0.480 e. The number of thioether (sulfide) groups is 1. The summed E-state index contributed by atoms with van der Waals surface area (Å²) in [5.74, 6) is -3.14. The van der Waals surface area contributed by atoms with E-state index in [2.05, 4.69) is 16.0 Å². The lowest BCUT2D eigenvalue weighted by Gasteiger charge is -2.28. The van der Waals surface area contributed by atoms with Crippen molar-refractivity contribution in [2.45, 2.75) is 71.3 Å². The zero-order valence-corrected chi connectivity index (χ0v) is 19.3. The first-order chi connectivity index (χ1) is 13.8. The Kier molecular flexibility index (Phi) is 12.6. The molecule has 0 saturated carbocycles. The molecule has 0 bridgehead atoms. The summed E-state index contributed by atoms with van der Waals surface area (Å²) in [5.41, 5.74) is 5.63. The van der Waals surface area contributed by atoms with Gasteiger partial charge in [0.1, 0.15) is 24.2 Å². The predicted octanol–water partition coefficient (Wildman–Crippen LogP) is -0.701. The van der Waals surface area contributed by atoms with E-state index < -0.39 is 54.0 Å². The number of carbonyl (C=O) groups is 4. The van der Waals surface area contributed by atoms with Crippen molar-refractivity contribution < 1.29 is 29.4 Å². The van der Waals surface area contributed by atoms with Crippen molar-refractivity contribution in [2.24, 2.45) is 17.6 Å². The van der Waals surface area contributed by atoms with Crippen LogP contribution in [0.3, 0.4) is 0 Å². The molecule has 0 aromatic rings. The number of aliphatic carboxylic acids is 1. The van der Waals surface area contributed by atoms with Crippen LogP contribution >= 0.6 is 11.8 Å². The van der Waals surface area contributed by atoms with Crippen molar-refractivity contribution in [3.63, 3.8) is 0 Å². The van der Waals surface area contributed by atoms with Crippen molar-refractivity contribution >= 4 is 35.5 Å². The number of carboxylic acids is 1. The molecule has 11 heteroatoms. The second kappa shape index (κ2) is 13.5. The molecule has 10 nitrogen and oxygen atoms in total. The number of carboxylic acid groups (broad SMARTS) is 1. The summed E-state index contributed by atoms with van der Waals surface area (Å²) in [6.45, 7) is 8.14. The van der Waals surface area contributed by atoms with Gasteiger partial charge in [-0.1, -0.05) is 27.7 Å². The zero-order chi connectivity index (χ0) is 23.6. The molecule has 0 aliphatic heterocycles. The highest BCUT2D eigenvalue weighted by atomic mass is 32.2. The Morgan fingerprint density at radius 1 is 0.867 bits per heavy atom. The fourth-order valence-electron chi connectivity index (χ4n) is 2.54. The number of rotatable bonds is 13. The number of amides is 3. The summed E-state index contributed by atoms with van der Waals surface area (Å²) in [6, 6.07) is -4.23. The third-order valence-electron chi connectivity index (χ3n) is 4.54. The molecular weight excluding hydrogens is 412 g/mol. The van der Waals surface area contributed by atoms with Crippen LogP contribution in [0.25, 0.3) is 0 Å². The minimum Gasteiger partial charge on any atom is -0.480 e. The quantitative estimate of drug-likeness (QED) is 0.215. The van der Waals surface area contributed by atoms with E-state index in [4.69, 9.17) is 5.73 Å². The van der Waals surface area contributed by atoms with Gasteiger partial charge in [0, 0.05) is 0 Å². The number of carbonyl (C=O) groups excluding carboxylic acids is 3. The van der Waals surface area contributed by atoms with Crippen LogP contribution in [0.4, 0.5) is 0 Å². The normalized spacial score (nSPS) is 16.3. The Labute approximate surface area is 182 Å². The monoisotopic (exact) mass is 448 g/mol. The Morgan fingerprint density at radius 2 is 1.37 bits per heavy atom. The highest BCUT2D eigenvalue weighted by Crippen LogP contribution is 2.08. The van der Waals surface area contributed by atoms with Gasteiger partial charge in [-0.3, -0.25) is 14.4 Å². The number of hydrogen-bond acceptors (Lipinski definition) is 7. The third kappa shape index (κ3) is 9.31. The van der Waals surface area contributed by atoms with Crippen molar-refractivity contribution in [3.05, 3.63) is 0 Å². The van der Waals surface area contributed by atoms with Crippen molar-refractivity contribution in [1.82, 2.24) is 16.0 Å². The van der Waals surface area contributed by atoms with Gasteiger partial charge in [-0.2, -0.15) is 11.8 Å². The van der Waals surface area contributed by atoms with E-state index in [-0.39, 0.29) is 11.8 Å². The molecule has 174 valence electrons. The van der Waals surface area contributed by atoms with Gasteiger partial charge in [0.2, 0.25) is 17.7 Å². The van der Waals surface area contributed by atoms with Gasteiger partial charge >= 0.3 is 5.97 Å². The molecule has 0 aromatic heterocycles. The number of aliphatic hydroxyl groups excluding tert-OH is 1. The summed E-state index contributed by atoms with van der Waals surface area (Å²) in [4.78, 5) is 49.0. The minimum atomic E-state index is -1.19. The molecule has 0 spiro atoms. The van der Waals surface area contributed by atoms with E-state index in [9.17, 15) is 29.4 Å². The zero-order valence-electron chi connectivity index (χ0n) is 18.5. The predicted molar refractivity (Wildman–Crippen MR) is 116 cm³/mol. The Hall–Kier alpha value is -1.85. The van der Waals surface area contributed by atoms with Gasteiger partial charge in [0.15, 0.2) is 0 Å². The van der Waals surface area contributed by atoms with E-state index >= 15 is 0 Å². The molecule has 0 aliphatic carbocycles. The van der Waals surface area contributed by atoms with E-state index in [1.807, 2.05) is 6.26 Å².